The summed E-state index contributed by atoms with van der Waals surface area (Å²) < 4.78 is 0. The van der Waals surface area contributed by atoms with E-state index in [0.717, 1.165) is 5.54 Å². The summed E-state index contributed by atoms with van der Waals surface area (Å²) in [7, 11) is -1.11. The standard InChI is InChI=1S/C15H28Si/c1-8-16(9-2,10-3)15-13(6)11(4)12(5)14(15)7/h15H,8-10H2,1-7H3. The van der Waals surface area contributed by atoms with Crippen molar-refractivity contribution >= 4 is 8.07 Å². The highest BCUT2D eigenvalue weighted by Gasteiger charge is 2.41. The number of rotatable bonds is 4. The minimum absolute atomic E-state index is 0.840. The first-order chi connectivity index (χ1) is 7.45. The van der Waals surface area contributed by atoms with E-state index >= 15 is 0 Å². The highest BCUT2D eigenvalue weighted by molar-refractivity contribution is 6.82. The SMILES string of the molecule is CC[Si](CC)(CC)C1C(C)=C(C)C(C)=C1C. The molecule has 0 N–H and O–H groups in total. The second-order valence-electron chi connectivity index (χ2n) is 5.47. The van der Waals surface area contributed by atoms with Gasteiger partial charge in [-0.05, 0) is 44.4 Å². The highest BCUT2D eigenvalue weighted by Crippen LogP contribution is 2.50. The Balaban J connectivity index is 3.24. The van der Waals surface area contributed by atoms with Gasteiger partial charge in [-0.1, -0.05) is 50.0 Å². The first kappa shape index (κ1) is 13.8. The molecule has 0 unspecified atom stereocenters. The molecule has 0 aliphatic heterocycles. The largest absolute Gasteiger partial charge is 0.0677 e. The maximum absolute atomic E-state index is 2.42. The molecule has 0 atom stereocenters. The lowest BCUT2D eigenvalue weighted by atomic mass is 10.1. The number of hydrogen-bond acceptors (Lipinski definition) is 0. The first-order valence-electron chi connectivity index (χ1n) is 6.80. The zero-order valence-corrected chi connectivity index (χ0v) is 13.2. The van der Waals surface area contributed by atoms with Crippen molar-refractivity contribution in [3.05, 3.63) is 22.3 Å². The molecule has 0 heterocycles. The van der Waals surface area contributed by atoms with Gasteiger partial charge in [-0.3, -0.25) is 0 Å². The zero-order valence-electron chi connectivity index (χ0n) is 12.2. The van der Waals surface area contributed by atoms with Gasteiger partial charge in [-0.15, -0.1) is 0 Å². The molecule has 0 amide bonds. The molecule has 0 saturated heterocycles. The topological polar surface area (TPSA) is 0 Å². The molecule has 0 saturated carbocycles. The van der Waals surface area contributed by atoms with Gasteiger partial charge in [0.05, 0.1) is 8.07 Å². The van der Waals surface area contributed by atoms with Gasteiger partial charge in [0.2, 0.25) is 0 Å². The van der Waals surface area contributed by atoms with Crippen LogP contribution in [0.4, 0.5) is 0 Å². The van der Waals surface area contributed by atoms with Crippen LogP contribution in [-0.2, 0) is 0 Å². The molecule has 0 aromatic rings. The molecule has 0 fully saturated rings. The van der Waals surface area contributed by atoms with Gasteiger partial charge in [0.1, 0.15) is 0 Å². The molecule has 0 spiro atoms. The van der Waals surface area contributed by atoms with Crippen LogP contribution in [0.5, 0.6) is 0 Å². The van der Waals surface area contributed by atoms with Crippen LogP contribution in [0.2, 0.25) is 23.7 Å². The minimum Gasteiger partial charge on any atom is -0.0677 e. The maximum Gasteiger partial charge on any atom is 0.0648 e. The van der Waals surface area contributed by atoms with Crippen molar-refractivity contribution in [3.63, 3.8) is 0 Å². The molecule has 1 aliphatic carbocycles. The van der Waals surface area contributed by atoms with Crippen LogP contribution >= 0.6 is 0 Å². The average Bonchev–Trinajstić information content (AvgIpc) is 2.49. The lowest BCUT2D eigenvalue weighted by Crippen LogP contribution is -2.38. The molecule has 16 heavy (non-hydrogen) atoms. The summed E-state index contributed by atoms with van der Waals surface area (Å²) in [6, 6.07) is 4.29. The van der Waals surface area contributed by atoms with Crippen molar-refractivity contribution in [2.75, 3.05) is 0 Å². The van der Waals surface area contributed by atoms with E-state index in [9.17, 15) is 0 Å². The van der Waals surface area contributed by atoms with Crippen LogP contribution in [-0.4, -0.2) is 8.07 Å². The predicted molar refractivity (Wildman–Crippen MR) is 77.7 cm³/mol. The van der Waals surface area contributed by atoms with E-state index < -0.39 is 8.07 Å². The van der Waals surface area contributed by atoms with Crippen molar-refractivity contribution in [3.8, 4) is 0 Å². The average molecular weight is 236 g/mol. The number of hydrogen-bond donors (Lipinski definition) is 0. The Morgan fingerprint density at radius 1 is 0.750 bits per heavy atom. The summed E-state index contributed by atoms with van der Waals surface area (Å²) in [5, 5.41) is 0. The van der Waals surface area contributed by atoms with Gasteiger partial charge in [-0.25, -0.2) is 0 Å². The number of allylic oxidation sites excluding steroid dienone is 4. The molecule has 1 rings (SSSR count). The van der Waals surface area contributed by atoms with Crippen molar-refractivity contribution in [2.45, 2.75) is 72.1 Å². The fourth-order valence-corrected chi connectivity index (χ4v) is 8.63. The summed E-state index contributed by atoms with van der Waals surface area (Å²) >= 11 is 0. The lowest BCUT2D eigenvalue weighted by molar-refractivity contribution is 0.988. The van der Waals surface area contributed by atoms with Crippen LogP contribution in [0.25, 0.3) is 0 Å². The van der Waals surface area contributed by atoms with Gasteiger partial charge in [-0.2, -0.15) is 0 Å². The monoisotopic (exact) mass is 236 g/mol. The second kappa shape index (κ2) is 4.91. The van der Waals surface area contributed by atoms with Gasteiger partial charge < -0.3 is 0 Å². The Kier molecular flexibility index (Phi) is 4.22. The molecule has 0 bridgehead atoms. The quantitative estimate of drug-likeness (QED) is 0.561. The van der Waals surface area contributed by atoms with E-state index in [0.29, 0.717) is 0 Å². The Morgan fingerprint density at radius 3 is 1.31 bits per heavy atom. The second-order valence-corrected chi connectivity index (χ2v) is 10.9. The summed E-state index contributed by atoms with van der Waals surface area (Å²) in [5.74, 6) is 0. The zero-order chi connectivity index (χ0) is 12.5. The molecule has 0 aromatic heterocycles. The molecular formula is C15H28Si. The Morgan fingerprint density at radius 2 is 1.06 bits per heavy atom. The summed E-state index contributed by atoms with van der Waals surface area (Å²) in [6.45, 7) is 16.6. The van der Waals surface area contributed by atoms with Crippen molar-refractivity contribution in [2.24, 2.45) is 0 Å². The maximum atomic E-state index is 2.42. The summed E-state index contributed by atoms with van der Waals surface area (Å²) in [5.41, 5.74) is 7.37. The highest BCUT2D eigenvalue weighted by atomic mass is 28.3. The van der Waals surface area contributed by atoms with E-state index in [1.54, 1.807) is 22.3 Å². The van der Waals surface area contributed by atoms with Crippen LogP contribution in [0, 0.1) is 0 Å². The van der Waals surface area contributed by atoms with Gasteiger partial charge in [0.15, 0.2) is 0 Å². The predicted octanol–water partition coefficient (Wildman–Crippen LogP) is 5.55. The molecule has 1 aliphatic rings. The fourth-order valence-electron chi connectivity index (χ4n) is 3.63. The van der Waals surface area contributed by atoms with Crippen LogP contribution in [0.3, 0.4) is 0 Å². The van der Waals surface area contributed by atoms with Crippen molar-refractivity contribution < 1.29 is 0 Å². The minimum atomic E-state index is -1.11. The van der Waals surface area contributed by atoms with Crippen LogP contribution in [0.1, 0.15) is 48.5 Å². The Labute approximate surface area is 103 Å². The van der Waals surface area contributed by atoms with E-state index in [-0.39, 0.29) is 0 Å². The molecule has 92 valence electrons. The first-order valence-corrected chi connectivity index (χ1v) is 9.50. The Hall–Kier alpha value is -0.303. The summed E-state index contributed by atoms with van der Waals surface area (Å²) in [6.07, 6.45) is 0. The Bertz CT molecular complexity index is 297. The molecule has 0 nitrogen and oxygen atoms in total. The lowest BCUT2D eigenvalue weighted by Gasteiger charge is -2.37. The van der Waals surface area contributed by atoms with Crippen molar-refractivity contribution in [1.82, 2.24) is 0 Å². The van der Waals surface area contributed by atoms with Gasteiger partial charge >= 0.3 is 0 Å². The van der Waals surface area contributed by atoms with Crippen LogP contribution < -0.4 is 0 Å². The molecule has 0 radical (unpaired) electrons. The molecule has 1 heteroatoms. The summed E-state index contributed by atoms with van der Waals surface area (Å²) in [4.78, 5) is 0. The van der Waals surface area contributed by atoms with E-state index in [2.05, 4.69) is 48.5 Å². The molecular weight excluding hydrogens is 208 g/mol. The van der Waals surface area contributed by atoms with E-state index in [1.807, 2.05) is 0 Å². The normalized spacial score (nSPS) is 18.9. The van der Waals surface area contributed by atoms with E-state index in [1.165, 1.54) is 18.1 Å². The van der Waals surface area contributed by atoms with Gasteiger partial charge in [0, 0.05) is 0 Å². The van der Waals surface area contributed by atoms with E-state index in [4.69, 9.17) is 0 Å². The smallest absolute Gasteiger partial charge is 0.0648 e. The third kappa shape index (κ3) is 1.83. The third-order valence-electron chi connectivity index (χ3n) is 5.34. The molecule has 0 aromatic carbocycles. The fraction of sp³-hybridized carbons (Fsp3) is 0.733. The third-order valence-corrected chi connectivity index (χ3v) is 11.7. The van der Waals surface area contributed by atoms with Gasteiger partial charge in [0.25, 0.3) is 0 Å². The van der Waals surface area contributed by atoms with Crippen LogP contribution in [0.15, 0.2) is 22.3 Å². The van der Waals surface area contributed by atoms with Crippen molar-refractivity contribution in [1.29, 1.82) is 0 Å².